The van der Waals surface area contributed by atoms with E-state index in [0.29, 0.717) is 4.38 Å². The highest BCUT2D eigenvalue weighted by atomic mass is 32.2. The molecule has 0 aromatic heterocycles. The van der Waals surface area contributed by atoms with Gasteiger partial charge in [-0.1, -0.05) is 18.7 Å². The monoisotopic (exact) mass is 164 g/mol. The van der Waals surface area contributed by atoms with Crippen molar-refractivity contribution in [2.24, 2.45) is 0 Å². The SMILES string of the molecule is CCC(C)OC(=S)SC. The molecule has 0 saturated carbocycles. The van der Waals surface area contributed by atoms with Gasteiger partial charge in [0.1, 0.15) is 0 Å². The zero-order chi connectivity index (χ0) is 7.28. The van der Waals surface area contributed by atoms with Crippen LogP contribution in [0.5, 0.6) is 0 Å². The van der Waals surface area contributed by atoms with Crippen molar-refractivity contribution in [1.82, 2.24) is 0 Å². The highest BCUT2D eigenvalue weighted by molar-refractivity contribution is 8.22. The molecule has 54 valence electrons. The molecule has 0 aliphatic carbocycles. The molecule has 0 N–H and O–H groups in total. The number of rotatable bonds is 2. The summed E-state index contributed by atoms with van der Waals surface area (Å²) >= 11 is 6.32. The molecular weight excluding hydrogens is 152 g/mol. The zero-order valence-electron chi connectivity index (χ0n) is 6.01. The maximum atomic E-state index is 5.24. The minimum absolute atomic E-state index is 0.268. The first-order valence-corrected chi connectivity index (χ1v) is 4.58. The fraction of sp³-hybridized carbons (Fsp3) is 0.833. The lowest BCUT2D eigenvalue weighted by Crippen LogP contribution is -2.08. The number of thiocarbonyl (C=S) groups is 1. The van der Waals surface area contributed by atoms with E-state index in [0.717, 1.165) is 6.42 Å². The Balaban J connectivity index is 3.34. The molecule has 0 saturated heterocycles. The van der Waals surface area contributed by atoms with Crippen molar-refractivity contribution in [3.8, 4) is 0 Å². The van der Waals surface area contributed by atoms with Gasteiger partial charge >= 0.3 is 0 Å². The summed E-state index contributed by atoms with van der Waals surface area (Å²) in [6.45, 7) is 4.09. The fourth-order valence-electron chi connectivity index (χ4n) is 0.296. The van der Waals surface area contributed by atoms with Crippen LogP contribution >= 0.6 is 24.0 Å². The van der Waals surface area contributed by atoms with Crippen molar-refractivity contribution in [2.75, 3.05) is 6.26 Å². The van der Waals surface area contributed by atoms with Crippen LogP contribution < -0.4 is 0 Å². The van der Waals surface area contributed by atoms with E-state index < -0.39 is 0 Å². The van der Waals surface area contributed by atoms with Gasteiger partial charge in [-0.15, -0.1) is 0 Å². The largest absolute Gasteiger partial charge is 0.476 e. The molecule has 0 spiro atoms. The molecule has 9 heavy (non-hydrogen) atoms. The third-order valence-electron chi connectivity index (χ3n) is 1.04. The van der Waals surface area contributed by atoms with Crippen LogP contribution in [-0.2, 0) is 4.74 Å². The van der Waals surface area contributed by atoms with Gasteiger partial charge in [-0.3, -0.25) is 0 Å². The standard InChI is InChI=1S/C6H12OS2/c1-4-5(2)7-6(8)9-3/h5H,4H2,1-3H3. The molecule has 0 amide bonds. The second-order valence-corrected chi connectivity index (χ2v) is 3.20. The summed E-state index contributed by atoms with van der Waals surface area (Å²) in [5, 5.41) is 0. The normalized spacial score (nSPS) is 12.8. The molecule has 1 atom stereocenters. The van der Waals surface area contributed by atoms with Gasteiger partial charge in [0, 0.05) is 0 Å². The molecule has 1 unspecified atom stereocenters. The van der Waals surface area contributed by atoms with E-state index in [9.17, 15) is 0 Å². The van der Waals surface area contributed by atoms with Crippen LogP contribution in [0.3, 0.4) is 0 Å². The number of thioether (sulfide) groups is 1. The Morgan fingerprint density at radius 1 is 1.78 bits per heavy atom. The molecule has 0 fully saturated rings. The van der Waals surface area contributed by atoms with Crippen molar-refractivity contribution in [3.63, 3.8) is 0 Å². The van der Waals surface area contributed by atoms with Gasteiger partial charge in [0.25, 0.3) is 0 Å². The molecule has 0 aromatic carbocycles. The molecule has 0 bridgehead atoms. The highest BCUT2D eigenvalue weighted by Crippen LogP contribution is 2.05. The molecule has 0 aliphatic rings. The van der Waals surface area contributed by atoms with Gasteiger partial charge < -0.3 is 4.74 Å². The summed E-state index contributed by atoms with van der Waals surface area (Å²) < 4.78 is 5.89. The summed E-state index contributed by atoms with van der Waals surface area (Å²) in [6, 6.07) is 0. The van der Waals surface area contributed by atoms with Crippen molar-refractivity contribution in [2.45, 2.75) is 26.4 Å². The number of ether oxygens (including phenoxy) is 1. The van der Waals surface area contributed by atoms with E-state index in [1.165, 1.54) is 11.8 Å². The molecule has 3 heteroatoms. The topological polar surface area (TPSA) is 9.23 Å². The first-order chi connectivity index (χ1) is 4.20. The lowest BCUT2D eigenvalue weighted by molar-refractivity contribution is 0.217. The van der Waals surface area contributed by atoms with Crippen LogP contribution in [0.4, 0.5) is 0 Å². The van der Waals surface area contributed by atoms with Crippen LogP contribution in [-0.4, -0.2) is 16.7 Å². The molecular formula is C6H12OS2. The van der Waals surface area contributed by atoms with E-state index in [4.69, 9.17) is 17.0 Å². The average molecular weight is 164 g/mol. The summed E-state index contributed by atoms with van der Waals surface area (Å²) in [7, 11) is 0. The summed E-state index contributed by atoms with van der Waals surface area (Å²) in [5.74, 6) is 0. The van der Waals surface area contributed by atoms with Gasteiger partial charge in [-0.05, 0) is 31.8 Å². The van der Waals surface area contributed by atoms with E-state index in [1.54, 1.807) is 0 Å². The smallest absolute Gasteiger partial charge is 0.219 e. The second-order valence-electron chi connectivity index (χ2n) is 1.79. The Bertz CT molecular complexity index is 93.1. The van der Waals surface area contributed by atoms with Crippen molar-refractivity contribution in [1.29, 1.82) is 0 Å². The van der Waals surface area contributed by atoms with Gasteiger partial charge in [-0.2, -0.15) is 0 Å². The maximum Gasteiger partial charge on any atom is 0.219 e. The van der Waals surface area contributed by atoms with Gasteiger partial charge in [-0.25, -0.2) is 0 Å². The predicted octanol–water partition coefficient (Wildman–Crippen LogP) is 2.45. The van der Waals surface area contributed by atoms with E-state index in [2.05, 4.69) is 6.92 Å². The Labute approximate surface area is 66.2 Å². The minimum atomic E-state index is 0.268. The fourth-order valence-corrected chi connectivity index (χ4v) is 0.720. The lowest BCUT2D eigenvalue weighted by atomic mass is 10.3. The molecule has 0 rings (SSSR count). The van der Waals surface area contributed by atoms with Crippen LogP contribution in [0.25, 0.3) is 0 Å². The third-order valence-corrected chi connectivity index (χ3v) is 2.06. The zero-order valence-corrected chi connectivity index (χ0v) is 7.64. The Hall–Kier alpha value is 0.240. The number of hydrogen-bond acceptors (Lipinski definition) is 3. The van der Waals surface area contributed by atoms with Crippen molar-refractivity contribution < 1.29 is 4.74 Å². The van der Waals surface area contributed by atoms with Gasteiger partial charge in [0.05, 0.1) is 6.10 Å². The van der Waals surface area contributed by atoms with Crippen LogP contribution in [0, 0.1) is 0 Å². The van der Waals surface area contributed by atoms with Crippen LogP contribution in [0.1, 0.15) is 20.3 Å². The van der Waals surface area contributed by atoms with Crippen molar-refractivity contribution in [3.05, 3.63) is 0 Å². The molecule has 0 aromatic rings. The van der Waals surface area contributed by atoms with E-state index in [1.807, 2.05) is 13.2 Å². The lowest BCUT2D eigenvalue weighted by Gasteiger charge is -2.10. The average Bonchev–Trinajstić information content (AvgIpc) is 1.87. The Kier molecular flexibility index (Phi) is 5.19. The van der Waals surface area contributed by atoms with Crippen LogP contribution in [0.15, 0.2) is 0 Å². The van der Waals surface area contributed by atoms with Gasteiger partial charge in [0.15, 0.2) is 0 Å². The second kappa shape index (κ2) is 5.06. The quantitative estimate of drug-likeness (QED) is 0.580. The Morgan fingerprint density at radius 2 is 2.33 bits per heavy atom. The van der Waals surface area contributed by atoms with Gasteiger partial charge in [0.2, 0.25) is 4.38 Å². The summed E-state index contributed by atoms with van der Waals surface area (Å²) in [6.07, 6.45) is 3.20. The molecule has 0 radical (unpaired) electrons. The van der Waals surface area contributed by atoms with Crippen LogP contribution in [0.2, 0.25) is 0 Å². The first-order valence-electron chi connectivity index (χ1n) is 2.95. The predicted molar refractivity (Wildman–Crippen MR) is 47.0 cm³/mol. The molecule has 0 aliphatic heterocycles. The number of hydrogen-bond donors (Lipinski definition) is 0. The highest BCUT2D eigenvalue weighted by Gasteiger charge is 2.00. The van der Waals surface area contributed by atoms with E-state index >= 15 is 0 Å². The first kappa shape index (κ1) is 9.24. The molecule has 0 heterocycles. The Morgan fingerprint density at radius 3 is 2.67 bits per heavy atom. The third kappa shape index (κ3) is 4.73. The summed E-state index contributed by atoms with van der Waals surface area (Å²) in [4.78, 5) is 0. The molecule has 1 nitrogen and oxygen atoms in total. The van der Waals surface area contributed by atoms with Crippen molar-refractivity contribution >= 4 is 28.4 Å². The van der Waals surface area contributed by atoms with E-state index in [-0.39, 0.29) is 6.10 Å². The summed E-state index contributed by atoms with van der Waals surface area (Å²) in [5.41, 5.74) is 0. The maximum absolute atomic E-state index is 5.24. The minimum Gasteiger partial charge on any atom is -0.476 e.